The normalized spacial score (nSPS) is 22.3. The van der Waals surface area contributed by atoms with Crippen molar-refractivity contribution in [2.24, 2.45) is 5.92 Å². The van der Waals surface area contributed by atoms with Crippen LogP contribution >= 0.6 is 0 Å². The first-order valence-corrected chi connectivity index (χ1v) is 14.4. The van der Waals surface area contributed by atoms with Gasteiger partial charge in [-0.15, -0.1) is 0 Å². The predicted octanol–water partition coefficient (Wildman–Crippen LogP) is 8.02. The van der Waals surface area contributed by atoms with Crippen LogP contribution in [0.2, 0.25) is 0 Å². The maximum atomic E-state index is 14.5. The molecule has 2 atom stereocenters. The molecule has 5 aromatic carbocycles. The lowest BCUT2D eigenvalue weighted by molar-refractivity contribution is -0.141. The quantitative estimate of drug-likeness (QED) is 0.193. The van der Waals surface area contributed by atoms with Gasteiger partial charge >= 0.3 is 5.97 Å². The van der Waals surface area contributed by atoms with E-state index in [1.807, 2.05) is 42.5 Å². The molecule has 0 aromatic heterocycles. The number of aryl methyl sites for hydroxylation is 1. The molecule has 40 heavy (non-hydrogen) atoms. The second-order valence-corrected chi connectivity index (χ2v) is 11.5. The van der Waals surface area contributed by atoms with E-state index >= 15 is 0 Å². The van der Waals surface area contributed by atoms with Gasteiger partial charge in [0, 0.05) is 23.1 Å². The minimum absolute atomic E-state index is 0.0632. The smallest absolute Gasteiger partial charge is 0.315 e. The summed E-state index contributed by atoms with van der Waals surface area (Å²) in [5, 5.41) is 13.5. The number of carbonyl (C=O) groups is 1. The zero-order valence-electron chi connectivity index (χ0n) is 22.2. The van der Waals surface area contributed by atoms with Crippen LogP contribution in [0, 0.1) is 5.92 Å². The van der Waals surface area contributed by atoms with Crippen LogP contribution in [0.25, 0.3) is 10.8 Å². The summed E-state index contributed by atoms with van der Waals surface area (Å²) in [6.45, 7) is 0. The van der Waals surface area contributed by atoms with Gasteiger partial charge in [-0.2, -0.15) is 0 Å². The highest BCUT2D eigenvalue weighted by Crippen LogP contribution is 2.63. The van der Waals surface area contributed by atoms with E-state index in [0.29, 0.717) is 5.75 Å². The fraction of sp³-hybridized carbons (Fsp3) is 0.216. The summed E-state index contributed by atoms with van der Waals surface area (Å²) in [6.07, 6.45) is 4.26. The van der Waals surface area contributed by atoms with Crippen molar-refractivity contribution in [2.45, 2.75) is 43.4 Å². The van der Waals surface area contributed by atoms with Crippen molar-refractivity contribution < 1.29 is 14.6 Å². The molecule has 3 nitrogen and oxygen atoms in total. The van der Waals surface area contributed by atoms with Crippen LogP contribution < -0.4 is 4.74 Å². The molecule has 0 saturated heterocycles. The lowest BCUT2D eigenvalue weighted by Crippen LogP contribution is -2.44. The number of ether oxygens (including phenoxy) is 1. The van der Waals surface area contributed by atoms with Gasteiger partial charge in [-0.05, 0) is 76.1 Å². The van der Waals surface area contributed by atoms with Crippen LogP contribution in [0.5, 0.6) is 11.5 Å². The zero-order valence-corrected chi connectivity index (χ0v) is 22.2. The summed E-state index contributed by atoms with van der Waals surface area (Å²) in [7, 11) is 0. The molecular weight excluding hydrogens is 492 g/mol. The number of carbonyl (C=O) groups excluding carboxylic acids is 1. The Hall–Kier alpha value is -4.37. The summed E-state index contributed by atoms with van der Waals surface area (Å²) < 4.78 is 6.39. The summed E-state index contributed by atoms with van der Waals surface area (Å²) in [6, 6.07) is 35.2. The van der Waals surface area contributed by atoms with Gasteiger partial charge in [0.25, 0.3) is 0 Å². The van der Waals surface area contributed by atoms with Crippen molar-refractivity contribution in [3.8, 4) is 11.5 Å². The first-order valence-electron chi connectivity index (χ1n) is 14.4. The molecule has 2 bridgehead atoms. The van der Waals surface area contributed by atoms with Crippen LogP contribution in [0.1, 0.15) is 69.5 Å². The van der Waals surface area contributed by atoms with Gasteiger partial charge in [-0.25, -0.2) is 0 Å². The molecule has 0 amide bonds. The van der Waals surface area contributed by atoms with Crippen molar-refractivity contribution in [1.82, 2.24) is 0 Å². The average molecular weight is 523 g/mol. The number of benzene rings is 5. The molecule has 2 unspecified atom stereocenters. The van der Waals surface area contributed by atoms with Gasteiger partial charge in [0.1, 0.15) is 11.5 Å². The number of fused-ring (bicyclic) bond motifs is 3. The number of aromatic hydroxyl groups is 1. The van der Waals surface area contributed by atoms with E-state index in [4.69, 9.17) is 4.74 Å². The highest BCUT2D eigenvalue weighted by molar-refractivity contribution is 5.90. The monoisotopic (exact) mass is 522 g/mol. The minimum Gasteiger partial charge on any atom is -0.507 e. The summed E-state index contributed by atoms with van der Waals surface area (Å²) in [5.41, 5.74) is 8.15. The molecule has 0 radical (unpaired) electrons. The third kappa shape index (κ3) is 3.40. The van der Waals surface area contributed by atoms with Crippen LogP contribution in [-0.2, 0) is 17.6 Å². The first-order chi connectivity index (χ1) is 19.7. The Bertz CT molecular complexity index is 1750. The second-order valence-electron chi connectivity index (χ2n) is 11.5. The van der Waals surface area contributed by atoms with Gasteiger partial charge < -0.3 is 9.84 Å². The SMILES string of the molecule is O=C(Oc1cccc2c1CCCC2)C1C2c3ccccc3C(c3ccccc32)C1c1ccc2ccccc2c1O. The maximum Gasteiger partial charge on any atom is 0.315 e. The standard InChI is InChI=1S/C37H30O3/c38-36-25-14-4-2-11-23(25)20-21-30(36)34-32-26-15-5-7-17-28(26)33(29-18-8-6-16-27(29)32)35(34)37(39)40-31-19-9-12-22-10-1-3-13-24(22)31/h2,4-9,11-12,14-21,32-35,38H,1,3,10,13H2. The summed E-state index contributed by atoms with van der Waals surface area (Å²) in [4.78, 5) is 14.5. The number of hydrogen-bond acceptors (Lipinski definition) is 3. The Kier molecular flexibility index (Phi) is 5.34. The number of phenols is 1. The fourth-order valence-electron chi connectivity index (χ4n) is 7.89. The molecule has 4 aliphatic carbocycles. The highest BCUT2D eigenvalue weighted by atomic mass is 16.5. The minimum atomic E-state index is -0.471. The Labute approximate surface area is 234 Å². The molecular formula is C37H30O3. The topological polar surface area (TPSA) is 46.5 Å². The van der Waals surface area contributed by atoms with E-state index in [1.54, 1.807) is 0 Å². The van der Waals surface area contributed by atoms with Crippen LogP contribution in [-0.4, -0.2) is 11.1 Å². The molecule has 1 N–H and O–H groups in total. The number of rotatable bonds is 3. The van der Waals surface area contributed by atoms with Gasteiger partial charge in [0.2, 0.25) is 0 Å². The third-order valence-electron chi connectivity index (χ3n) is 9.56. The Morgan fingerprint density at radius 1 is 0.650 bits per heavy atom. The predicted molar refractivity (Wildman–Crippen MR) is 157 cm³/mol. The lowest BCUT2D eigenvalue weighted by atomic mass is 9.52. The molecule has 196 valence electrons. The van der Waals surface area contributed by atoms with Crippen molar-refractivity contribution >= 4 is 16.7 Å². The molecule has 0 fully saturated rings. The molecule has 0 heterocycles. The molecule has 0 saturated carbocycles. The molecule has 5 aromatic rings. The summed E-state index contributed by atoms with van der Waals surface area (Å²) >= 11 is 0. The average Bonchev–Trinajstić information content (AvgIpc) is 3.01. The molecule has 3 heteroatoms. The Morgan fingerprint density at radius 2 is 1.30 bits per heavy atom. The Morgan fingerprint density at radius 3 is 2.05 bits per heavy atom. The van der Waals surface area contributed by atoms with E-state index in [1.165, 1.54) is 39.8 Å². The third-order valence-corrected chi connectivity index (χ3v) is 9.56. The lowest BCUT2D eigenvalue weighted by Gasteiger charge is -2.50. The van der Waals surface area contributed by atoms with E-state index < -0.39 is 5.92 Å². The molecule has 0 spiro atoms. The van der Waals surface area contributed by atoms with E-state index in [2.05, 4.69) is 60.7 Å². The second kappa shape index (κ2) is 9.09. The zero-order chi connectivity index (χ0) is 26.8. The maximum absolute atomic E-state index is 14.5. The van der Waals surface area contributed by atoms with Crippen molar-refractivity contribution in [2.75, 3.05) is 0 Å². The van der Waals surface area contributed by atoms with Gasteiger partial charge in [-0.1, -0.05) is 97.1 Å². The molecule has 9 rings (SSSR count). The number of esters is 1. The van der Waals surface area contributed by atoms with Gasteiger partial charge in [0.15, 0.2) is 0 Å². The van der Waals surface area contributed by atoms with E-state index in [-0.39, 0.29) is 29.5 Å². The molecule has 0 aliphatic heterocycles. The van der Waals surface area contributed by atoms with Crippen LogP contribution in [0.3, 0.4) is 0 Å². The van der Waals surface area contributed by atoms with Crippen molar-refractivity contribution in [1.29, 1.82) is 0 Å². The van der Waals surface area contributed by atoms with Crippen LogP contribution in [0.4, 0.5) is 0 Å². The fourth-order valence-corrected chi connectivity index (χ4v) is 7.89. The summed E-state index contributed by atoms with van der Waals surface area (Å²) in [5.74, 6) is -0.192. The van der Waals surface area contributed by atoms with Gasteiger partial charge in [0.05, 0.1) is 5.92 Å². The Balaban J connectivity index is 1.33. The van der Waals surface area contributed by atoms with Crippen LogP contribution in [0.15, 0.2) is 103 Å². The highest BCUT2D eigenvalue weighted by Gasteiger charge is 2.54. The van der Waals surface area contributed by atoms with Gasteiger partial charge in [-0.3, -0.25) is 4.79 Å². The van der Waals surface area contributed by atoms with Crippen molar-refractivity contribution in [3.63, 3.8) is 0 Å². The number of phenolic OH excluding ortho intramolecular Hbond substituents is 1. The van der Waals surface area contributed by atoms with Crippen molar-refractivity contribution in [3.05, 3.63) is 142 Å². The first kappa shape index (κ1) is 23.5. The van der Waals surface area contributed by atoms with E-state index in [0.717, 1.165) is 35.6 Å². The number of hydrogen-bond donors (Lipinski definition) is 1. The van der Waals surface area contributed by atoms with E-state index in [9.17, 15) is 9.90 Å². The molecule has 4 aliphatic rings. The largest absolute Gasteiger partial charge is 0.507 e.